The van der Waals surface area contributed by atoms with Crippen molar-refractivity contribution in [3.8, 4) is 0 Å². The second-order valence-corrected chi connectivity index (χ2v) is 6.38. The highest BCUT2D eigenvalue weighted by molar-refractivity contribution is 7.86. The Morgan fingerprint density at radius 2 is 1.55 bits per heavy atom. The topological polar surface area (TPSA) is 71.1 Å². The van der Waals surface area contributed by atoms with Crippen LogP contribution in [-0.2, 0) is 19.7 Å². The fraction of sp³-hybridized carbons (Fsp3) is 1.00. The molecular weight excluding hydrogens is 282 g/mol. The number of piperazine rings is 1. The number of rotatable bonds is 10. The third kappa shape index (κ3) is 5.63. The van der Waals surface area contributed by atoms with E-state index in [1.54, 1.807) is 0 Å². The molecule has 1 fully saturated rings. The first-order chi connectivity index (χ1) is 9.62. The molecule has 0 aromatic rings. The van der Waals surface area contributed by atoms with Gasteiger partial charge in [-0.1, -0.05) is 0 Å². The zero-order valence-electron chi connectivity index (χ0n) is 12.5. The summed E-state index contributed by atoms with van der Waals surface area (Å²) in [4.78, 5) is 0. The van der Waals surface area contributed by atoms with Crippen LogP contribution < -0.4 is 5.32 Å². The van der Waals surface area contributed by atoms with E-state index in [2.05, 4.69) is 5.32 Å². The molecule has 1 heterocycles. The van der Waals surface area contributed by atoms with Crippen molar-refractivity contribution in [1.29, 1.82) is 0 Å². The van der Waals surface area contributed by atoms with Crippen molar-refractivity contribution < 1.29 is 17.9 Å². The summed E-state index contributed by atoms with van der Waals surface area (Å²) in [6.07, 6.45) is 0. The van der Waals surface area contributed by atoms with E-state index in [1.165, 1.54) is 8.61 Å². The Morgan fingerprint density at radius 1 is 1.05 bits per heavy atom. The minimum Gasteiger partial charge on any atom is -0.380 e. The van der Waals surface area contributed by atoms with E-state index in [4.69, 9.17) is 9.47 Å². The molecule has 1 aliphatic rings. The summed E-state index contributed by atoms with van der Waals surface area (Å²) in [5, 5.41) is 3.16. The lowest BCUT2D eigenvalue weighted by atomic mass is 10.4. The minimum absolute atomic E-state index is 0.368. The second kappa shape index (κ2) is 9.64. The van der Waals surface area contributed by atoms with Gasteiger partial charge in [-0.25, -0.2) is 0 Å². The first-order valence-electron chi connectivity index (χ1n) is 7.24. The monoisotopic (exact) mass is 309 g/mol. The van der Waals surface area contributed by atoms with Gasteiger partial charge in [-0.3, -0.25) is 0 Å². The number of nitrogens with zero attached hydrogens (tertiary/aromatic N) is 2. The summed E-state index contributed by atoms with van der Waals surface area (Å²) in [6.45, 7) is 8.96. The lowest BCUT2D eigenvalue weighted by Gasteiger charge is -2.32. The molecule has 1 saturated heterocycles. The molecule has 8 heteroatoms. The molecule has 120 valence electrons. The second-order valence-electron chi connectivity index (χ2n) is 4.45. The van der Waals surface area contributed by atoms with Gasteiger partial charge in [0.05, 0.1) is 13.2 Å². The molecule has 0 radical (unpaired) electrons. The van der Waals surface area contributed by atoms with E-state index >= 15 is 0 Å². The lowest BCUT2D eigenvalue weighted by molar-refractivity contribution is 0.108. The van der Waals surface area contributed by atoms with Crippen LogP contribution in [0.3, 0.4) is 0 Å². The van der Waals surface area contributed by atoms with Gasteiger partial charge >= 0.3 is 0 Å². The normalized spacial score (nSPS) is 17.8. The molecule has 20 heavy (non-hydrogen) atoms. The Labute approximate surface area is 122 Å². The van der Waals surface area contributed by atoms with E-state index < -0.39 is 10.2 Å². The average molecular weight is 309 g/mol. The molecule has 0 unspecified atom stereocenters. The van der Waals surface area contributed by atoms with Gasteiger partial charge in [0, 0.05) is 52.5 Å². The maximum atomic E-state index is 12.6. The first kappa shape index (κ1) is 17.8. The molecule has 0 saturated carbocycles. The molecular formula is C12H27N3O4S. The summed E-state index contributed by atoms with van der Waals surface area (Å²) in [6, 6.07) is 0. The van der Waals surface area contributed by atoms with Crippen LogP contribution in [0, 0.1) is 0 Å². The van der Waals surface area contributed by atoms with E-state index in [-0.39, 0.29) is 0 Å². The predicted molar refractivity (Wildman–Crippen MR) is 77.9 cm³/mol. The molecule has 0 bridgehead atoms. The Balaban J connectivity index is 2.61. The molecule has 0 spiro atoms. The van der Waals surface area contributed by atoms with Gasteiger partial charge in [-0.05, 0) is 13.8 Å². The molecule has 1 aliphatic heterocycles. The van der Waals surface area contributed by atoms with Crippen molar-refractivity contribution in [3.63, 3.8) is 0 Å². The maximum absolute atomic E-state index is 12.6. The van der Waals surface area contributed by atoms with Gasteiger partial charge in [0.1, 0.15) is 0 Å². The Morgan fingerprint density at radius 3 is 2.00 bits per heavy atom. The molecule has 7 nitrogen and oxygen atoms in total. The van der Waals surface area contributed by atoms with E-state index in [0.717, 1.165) is 0 Å². The summed E-state index contributed by atoms with van der Waals surface area (Å²) in [7, 11) is -3.42. The van der Waals surface area contributed by atoms with Gasteiger partial charge < -0.3 is 14.8 Å². The van der Waals surface area contributed by atoms with Gasteiger partial charge in [0.25, 0.3) is 10.2 Å². The van der Waals surface area contributed by atoms with Gasteiger partial charge in [0.15, 0.2) is 0 Å². The largest absolute Gasteiger partial charge is 0.380 e. The van der Waals surface area contributed by atoms with Crippen LogP contribution in [0.5, 0.6) is 0 Å². The summed E-state index contributed by atoms with van der Waals surface area (Å²) >= 11 is 0. The van der Waals surface area contributed by atoms with Crippen LogP contribution in [-0.4, -0.2) is 82.7 Å². The summed E-state index contributed by atoms with van der Waals surface area (Å²) in [5.74, 6) is 0. The molecule has 1 rings (SSSR count). The third-order valence-corrected chi connectivity index (χ3v) is 5.14. The fourth-order valence-corrected chi connectivity index (χ4v) is 3.58. The smallest absolute Gasteiger partial charge is 0.282 e. The highest BCUT2D eigenvalue weighted by atomic mass is 32.2. The number of nitrogens with one attached hydrogen (secondary N) is 1. The Hall–Kier alpha value is -0.250. The third-order valence-electron chi connectivity index (χ3n) is 3.11. The summed E-state index contributed by atoms with van der Waals surface area (Å²) < 4.78 is 38.7. The van der Waals surface area contributed by atoms with Crippen molar-refractivity contribution in [2.75, 3.05) is 65.7 Å². The van der Waals surface area contributed by atoms with Gasteiger partial charge in [-0.2, -0.15) is 17.0 Å². The highest BCUT2D eigenvalue weighted by Crippen LogP contribution is 2.09. The number of ether oxygens (including phenoxy) is 2. The van der Waals surface area contributed by atoms with E-state index in [0.29, 0.717) is 65.7 Å². The summed E-state index contributed by atoms with van der Waals surface area (Å²) in [5.41, 5.74) is 0. The SMILES string of the molecule is CCOCCN(CCOCC)S(=O)(=O)N1CCNCC1. The average Bonchev–Trinajstić information content (AvgIpc) is 2.47. The zero-order chi connectivity index (χ0) is 14.8. The van der Waals surface area contributed by atoms with Crippen molar-refractivity contribution in [2.24, 2.45) is 0 Å². The highest BCUT2D eigenvalue weighted by Gasteiger charge is 2.30. The standard InChI is InChI=1S/C12H27N3O4S/c1-3-18-11-9-15(10-12-19-4-2)20(16,17)14-7-5-13-6-8-14/h13H,3-12H2,1-2H3. The first-order valence-corrected chi connectivity index (χ1v) is 8.64. The molecule has 1 N–H and O–H groups in total. The van der Waals surface area contributed by atoms with E-state index in [9.17, 15) is 8.42 Å². The minimum atomic E-state index is -3.42. The molecule has 0 aromatic heterocycles. The van der Waals surface area contributed by atoms with Crippen LogP contribution in [0.1, 0.15) is 13.8 Å². The fourth-order valence-electron chi connectivity index (χ4n) is 2.00. The molecule has 0 amide bonds. The van der Waals surface area contributed by atoms with Crippen LogP contribution in [0.15, 0.2) is 0 Å². The molecule has 0 atom stereocenters. The molecule has 0 aromatic carbocycles. The van der Waals surface area contributed by atoms with Crippen molar-refractivity contribution in [1.82, 2.24) is 13.9 Å². The molecule has 0 aliphatic carbocycles. The van der Waals surface area contributed by atoms with Crippen LogP contribution in [0.2, 0.25) is 0 Å². The maximum Gasteiger partial charge on any atom is 0.282 e. The van der Waals surface area contributed by atoms with Crippen molar-refractivity contribution in [3.05, 3.63) is 0 Å². The zero-order valence-corrected chi connectivity index (χ0v) is 13.3. The van der Waals surface area contributed by atoms with Crippen molar-refractivity contribution >= 4 is 10.2 Å². The van der Waals surface area contributed by atoms with Gasteiger partial charge in [-0.15, -0.1) is 0 Å². The van der Waals surface area contributed by atoms with Crippen LogP contribution >= 0.6 is 0 Å². The Kier molecular flexibility index (Phi) is 8.58. The Bertz CT molecular complexity index is 335. The van der Waals surface area contributed by atoms with E-state index in [1.807, 2.05) is 13.8 Å². The quantitative estimate of drug-likeness (QED) is 0.552. The number of hydrogen-bond donors (Lipinski definition) is 1. The van der Waals surface area contributed by atoms with Crippen LogP contribution in [0.25, 0.3) is 0 Å². The lowest BCUT2D eigenvalue weighted by Crippen LogP contribution is -2.52. The van der Waals surface area contributed by atoms with Crippen molar-refractivity contribution in [2.45, 2.75) is 13.8 Å². The predicted octanol–water partition coefficient (Wildman–Crippen LogP) is -0.489. The van der Waals surface area contributed by atoms with Gasteiger partial charge in [0.2, 0.25) is 0 Å². The number of hydrogen-bond acceptors (Lipinski definition) is 5. The van der Waals surface area contributed by atoms with Crippen LogP contribution in [0.4, 0.5) is 0 Å².